The fourth-order valence-electron chi connectivity index (χ4n) is 1.71. The molecule has 0 saturated carbocycles. The summed E-state index contributed by atoms with van der Waals surface area (Å²) in [7, 11) is 0. The molecule has 2 rings (SSSR count). The van der Waals surface area contributed by atoms with Gasteiger partial charge < -0.3 is 10.0 Å². The van der Waals surface area contributed by atoms with E-state index in [1.807, 2.05) is 0 Å². The lowest BCUT2D eigenvalue weighted by molar-refractivity contribution is -0.141. The van der Waals surface area contributed by atoms with Crippen molar-refractivity contribution in [3.8, 4) is 0 Å². The van der Waals surface area contributed by atoms with Crippen molar-refractivity contribution in [1.29, 1.82) is 0 Å². The third kappa shape index (κ3) is 2.58. The number of pyridine rings is 1. The van der Waals surface area contributed by atoms with Gasteiger partial charge in [0.05, 0.1) is 0 Å². The first-order chi connectivity index (χ1) is 8.20. The van der Waals surface area contributed by atoms with Crippen molar-refractivity contribution in [2.75, 3.05) is 18.1 Å². The van der Waals surface area contributed by atoms with Gasteiger partial charge in [-0.1, -0.05) is 0 Å². The van der Waals surface area contributed by atoms with Crippen LogP contribution in [0.3, 0.4) is 0 Å². The third-order valence-corrected chi connectivity index (χ3v) is 3.62. The number of hydrogen-bond donors (Lipinski definition) is 1. The minimum Gasteiger partial charge on any atom is -0.480 e. The number of hydrogen-bond acceptors (Lipinski definition) is 4. The van der Waals surface area contributed by atoms with Crippen molar-refractivity contribution in [3.63, 3.8) is 0 Å². The number of thioether (sulfide) groups is 1. The molecule has 1 saturated heterocycles. The van der Waals surface area contributed by atoms with E-state index in [-0.39, 0.29) is 5.91 Å². The Morgan fingerprint density at radius 1 is 1.41 bits per heavy atom. The maximum Gasteiger partial charge on any atom is 0.327 e. The predicted octanol–water partition coefficient (Wildman–Crippen LogP) is 0.724. The van der Waals surface area contributed by atoms with Crippen molar-refractivity contribution >= 4 is 23.6 Å². The second-order valence-corrected chi connectivity index (χ2v) is 4.81. The van der Waals surface area contributed by atoms with Crippen molar-refractivity contribution < 1.29 is 14.7 Å². The number of aromatic nitrogens is 1. The van der Waals surface area contributed by atoms with E-state index in [9.17, 15) is 9.59 Å². The van der Waals surface area contributed by atoms with Crippen molar-refractivity contribution in [2.24, 2.45) is 0 Å². The quantitative estimate of drug-likeness (QED) is 0.840. The Morgan fingerprint density at radius 3 is 2.76 bits per heavy atom. The van der Waals surface area contributed by atoms with Crippen molar-refractivity contribution in [1.82, 2.24) is 9.88 Å². The number of amides is 1. The van der Waals surface area contributed by atoms with Crippen LogP contribution in [0.4, 0.5) is 0 Å². The van der Waals surface area contributed by atoms with Crippen LogP contribution in [0.5, 0.6) is 0 Å². The Morgan fingerprint density at radius 2 is 2.12 bits per heavy atom. The first-order valence-electron chi connectivity index (χ1n) is 5.21. The molecule has 1 aliphatic rings. The number of aliphatic carboxylic acids is 1. The predicted molar refractivity (Wildman–Crippen MR) is 64.0 cm³/mol. The minimum atomic E-state index is -0.945. The monoisotopic (exact) mass is 252 g/mol. The molecule has 1 aromatic heterocycles. The molecule has 1 amide bonds. The summed E-state index contributed by atoms with van der Waals surface area (Å²) in [6, 6.07) is 2.47. The van der Waals surface area contributed by atoms with E-state index in [0.717, 1.165) is 5.75 Å². The lowest BCUT2D eigenvalue weighted by Gasteiger charge is -2.32. The first-order valence-corrected chi connectivity index (χ1v) is 6.37. The lowest BCUT2D eigenvalue weighted by atomic mass is 10.2. The van der Waals surface area contributed by atoms with Crippen LogP contribution in [0, 0.1) is 0 Å². The largest absolute Gasteiger partial charge is 0.480 e. The number of rotatable bonds is 2. The van der Waals surface area contributed by atoms with Crippen LogP contribution in [0.2, 0.25) is 0 Å². The molecule has 0 aromatic carbocycles. The molecule has 0 spiro atoms. The standard InChI is InChI=1S/C11H12N2O3S/c14-10(8-1-3-12-4-2-8)13-5-6-17-7-9(13)11(15)16/h1-4,9H,5-7H2,(H,15,16). The third-order valence-electron chi connectivity index (χ3n) is 2.60. The highest BCUT2D eigenvalue weighted by Crippen LogP contribution is 2.19. The van der Waals surface area contributed by atoms with Crippen LogP contribution in [0.25, 0.3) is 0 Å². The van der Waals surface area contributed by atoms with Crippen LogP contribution in [-0.4, -0.2) is 51.0 Å². The zero-order valence-electron chi connectivity index (χ0n) is 9.07. The maximum atomic E-state index is 12.1. The number of carbonyl (C=O) groups excluding carboxylic acids is 1. The summed E-state index contributed by atoms with van der Waals surface area (Å²) < 4.78 is 0. The Balaban J connectivity index is 2.20. The van der Waals surface area contributed by atoms with Gasteiger partial charge in [0.25, 0.3) is 5.91 Å². The van der Waals surface area contributed by atoms with Gasteiger partial charge in [-0.05, 0) is 12.1 Å². The van der Waals surface area contributed by atoms with Gasteiger partial charge in [-0.3, -0.25) is 9.78 Å². The molecule has 90 valence electrons. The normalized spacial score (nSPS) is 20.0. The summed E-state index contributed by atoms with van der Waals surface area (Å²) in [6.07, 6.45) is 3.06. The Hall–Kier alpha value is -1.56. The summed E-state index contributed by atoms with van der Waals surface area (Å²) in [4.78, 5) is 28.5. The Kier molecular flexibility index (Phi) is 3.63. The van der Waals surface area contributed by atoms with Gasteiger partial charge in [0, 0.05) is 36.0 Å². The Labute approximate surface area is 103 Å². The lowest BCUT2D eigenvalue weighted by Crippen LogP contribution is -2.50. The smallest absolute Gasteiger partial charge is 0.327 e. The summed E-state index contributed by atoms with van der Waals surface area (Å²) in [6.45, 7) is 0.475. The van der Waals surface area contributed by atoms with E-state index in [0.29, 0.717) is 17.9 Å². The molecule has 17 heavy (non-hydrogen) atoms. The zero-order valence-corrected chi connectivity index (χ0v) is 9.89. The molecule has 1 aromatic rings. The fraction of sp³-hybridized carbons (Fsp3) is 0.364. The van der Waals surface area contributed by atoms with Gasteiger partial charge in [0.15, 0.2) is 0 Å². The molecule has 5 nitrogen and oxygen atoms in total. The molecular formula is C11H12N2O3S. The van der Waals surface area contributed by atoms with Gasteiger partial charge in [-0.2, -0.15) is 11.8 Å². The summed E-state index contributed by atoms with van der Waals surface area (Å²) in [5.74, 6) is 0.0481. The molecule has 0 bridgehead atoms. The molecule has 1 fully saturated rings. The average molecular weight is 252 g/mol. The number of nitrogens with zero attached hydrogens (tertiary/aromatic N) is 2. The maximum absolute atomic E-state index is 12.1. The van der Waals surface area contributed by atoms with Gasteiger partial charge >= 0.3 is 5.97 Å². The van der Waals surface area contributed by atoms with E-state index >= 15 is 0 Å². The van der Waals surface area contributed by atoms with Gasteiger partial charge in [-0.25, -0.2) is 4.79 Å². The van der Waals surface area contributed by atoms with Crippen LogP contribution in [0.1, 0.15) is 10.4 Å². The van der Waals surface area contributed by atoms with Crippen LogP contribution < -0.4 is 0 Å². The molecule has 0 aliphatic carbocycles. The van der Waals surface area contributed by atoms with Gasteiger partial charge in [-0.15, -0.1) is 0 Å². The zero-order chi connectivity index (χ0) is 12.3. The molecular weight excluding hydrogens is 240 g/mol. The average Bonchev–Trinajstić information content (AvgIpc) is 2.39. The highest BCUT2D eigenvalue weighted by atomic mass is 32.2. The second kappa shape index (κ2) is 5.18. The molecule has 1 unspecified atom stereocenters. The van der Waals surface area contributed by atoms with Crippen LogP contribution >= 0.6 is 11.8 Å². The van der Waals surface area contributed by atoms with E-state index in [4.69, 9.17) is 5.11 Å². The minimum absolute atomic E-state index is 0.236. The van der Waals surface area contributed by atoms with Gasteiger partial charge in [0.2, 0.25) is 0 Å². The van der Waals surface area contributed by atoms with E-state index < -0.39 is 12.0 Å². The Bertz CT molecular complexity index is 424. The van der Waals surface area contributed by atoms with Crippen molar-refractivity contribution in [3.05, 3.63) is 30.1 Å². The van der Waals surface area contributed by atoms with Gasteiger partial charge in [0.1, 0.15) is 6.04 Å². The summed E-state index contributed by atoms with van der Waals surface area (Å²) >= 11 is 1.56. The van der Waals surface area contributed by atoms with Crippen molar-refractivity contribution in [2.45, 2.75) is 6.04 Å². The number of carbonyl (C=O) groups is 2. The molecule has 1 atom stereocenters. The summed E-state index contributed by atoms with van der Waals surface area (Å²) in [5.41, 5.74) is 0.484. The van der Waals surface area contributed by atoms with E-state index in [2.05, 4.69) is 4.98 Å². The first kappa shape index (κ1) is 11.9. The van der Waals surface area contributed by atoms with Crippen LogP contribution in [-0.2, 0) is 4.79 Å². The molecule has 0 radical (unpaired) electrons. The second-order valence-electron chi connectivity index (χ2n) is 3.66. The molecule has 1 N–H and O–H groups in total. The SMILES string of the molecule is O=C(O)C1CSCCN1C(=O)c1ccncc1. The highest BCUT2D eigenvalue weighted by Gasteiger charge is 2.32. The fourth-order valence-corrected chi connectivity index (χ4v) is 2.75. The van der Waals surface area contributed by atoms with E-state index in [1.54, 1.807) is 23.9 Å². The number of carboxylic acids is 1. The van der Waals surface area contributed by atoms with Crippen LogP contribution in [0.15, 0.2) is 24.5 Å². The molecule has 2 heterocycles. The highest BCUT2D eigenvalue weighted by molar-refractivity contribution is 7.99. The van der Waals surface area contributed by atoms with E-state index in [1.165, 1.54) is 17.3 Å². The summed E-state index contributed by atoms with van der Waals surface area (Å²) in [5, 5.41) is 9.08. The molecule has 1 aliphatic heterocycles. The number of carboxylic acid groups (broad SMARTS) is 1. The molecule has 6 heteroatoms. The topological polar surface area (TPSA) is 70.5 Å².